The Balaban J connectivity index is 1.54. The van der Waals surface area contributed by atoms with Gasteiger partial charge in [0.05, 0.1) is 0 Å². The molecular formula is C42H36BP. The van der Waals surface area contributed by atoms with Crippen molar-refractivity contribution in [2.45, 2.75) is 6.92 Å². The number of aryl methyl sites for hydroxylation is 1. The van der Waals surface area contributed by atoms with Crippen molar-refractivity contribution in [3.63, 3.8) is 0 Å². The molecule has 0 saturated carbocycles. The fourth-order valence-corrected chi connectivity index (χ4v) is 12.7. The Hall–Kier alpha value is -4.45. The number of hydrogen-bond acceptors (Lipinski definition) is 0. The SMILES string of the molecule is Cc1ccc(C2=C(c3ccc4ccccc4c3)[B-](c3ccc4ccccc4c3)(c3ccc4ccccc4c3)[P+](C)(C)C2)cc1. The molecule has 8 rings (SSSR count). The van der Waals surface area contributed by atoms with Crippen LogP contribution in [0.2, 0.25) is 0 Å². The highest BCUT2D eigenvalue weighted by atomic mass is 31.2. The lowest BCUT2D eigenvalue weighted by molar-refractivity contribution is 1.45. The molecule has 44 heavy (non-hydrogen) atoms. The summed E-state index contributed by atoms with van der Waals surface area (Å²) in [6.07, 6.45) is 1.11. The Bertz CT molecular complexity index is 2160. The van der Waals surface area contributed by atoms with E-state index in [1.165, 1.54) is 71.0 Å². The van der Waals surface area contributed by atoms with Gasteiger partial charge in [-0.3, -0.25) is 0 Å². The molecule has 0 unspecified atom stereocenters. The van der Waals surface area contributed by atoms with Gasteiger partial charge in [-0.25, -0.2) is 0 Å². The second-order valence-corrected chi connectivity index (χ2v) is 17.9. The molecule has 7 aromatic rings. The smallest absolute Gasteiger partial charge is 0.157 e. The number of hydrogen-bond donors (Lipinski definition) is 0. The minimum atomic E-state index is -1.66. The molecule has 0 fully saturated rings. The lowest BCUT2D eigenvalue weighted by atomic mass is 9.32. The van der Waals surface area contributed by atoms with Crippen molar-refractivity contribution in [1.82, 2.24) is 0 Å². The maximum Gasteiger partial charge on any atom is 0.247 e. The highest BCUT2D eigenvalue weighted by molar-refractivity contribution is 8.14. The Morgan fingerprint density at radius 1 is 0.455 bits per heavy atom. The molecule has 1 aliphatic rings. The second kappa shape index (κ2) is 10.3. The molecule has 1 heterocycles. The summed E-state index contributed by atoms with van der Waals surface area (Å²) < 4.78 is 0. The van der Waals surface area contributed by atoms with E-state index in [9.17, 15) is 0 Å². The van der Waals surface area contributed by atoms with Crippen molar-refractivity contribution in [3.05, 3.63) is 168 Å². The van der Waals surface area contributed by atoms with Crippen LogP contribution in [0.25, 0.3) is 43.4 Å². The third-order valence-corrected chi connectivity index (χ3v) is 14.4. The Morgan fingerprint density at radius 3 is 1.41 bits per heavy atom. The third kappa shape index (κ3) is 4.18. The quantitative estimate of drug-likeness (QED) is 0.143. The molecule has 0 atom stereocenters. The van der Waals surface area contributed by atoms with E-state index >= 15 is 0 Å². The minimum absolute atomic E-state index is 1.11. The van der Waals surface area contributed by atoms with Crippen LogP contribution in [0.1, 0.15) is 16.7 Å². The molecule has 0 nitrogen and oxygen atoms in total. The summed E-state index contributed by atoms with van der Waals surface area (Å²) in [4.78, 5) is 0. The fourth-order valence-electron chi connectivity index (χ4n) is 8.27. The van der Waals surface area contributed by atoms with E-state index in [-0.39, 0.29) is 0 Å². The van der Waals surface area contributed by atoms with Crippen LogP contribution in [0.3, 0.4) is 0 Å². The van der Waals surface area contributed by atoms with E-state index in [4.69, 9.17) is 0 Å². The van der Waals surface area contributed by atoms with Gasteiger partial charge in [0.15, 0.2) is 0 Å². The molecular weight excluding hydrogens is 546 g/mol. The zero-order chi connectivity index (χ0) is 29.9. The fraction of sp³-hybridized carbons (Fsp3) is 0.0952. The van der Waals surface area contributed by atoms with Crippen LogP contribution < -0.4 is 10.9 Å². The molecule has 2 heteroatoms. The molecule has 0 bridgehead atoms. The molecule has 0 aliphatic carbocycles. The topological polar surface area (TPSA) is 0 Å². The first-order valence-electron chi connectivity index (χ1n) is 15.7. The molecule has 212 valence electrons. The van der Waals surface area contributed by atoms with Crippen molar-refractivity contribution >= 4 is 67.3 Å². The first kappa shape index (κ1) is 27.1. The molecule has 0 spiro atoms. The standard InChI is InChI=1S/C42H36BP/c1-30-16-18-34(19-17-30)41-29-44(2,3)43(39-24-22-32-11-5-8-14-36(32)27-39,40-25-23-33-12-6-9-15-37(33)28-40)42(41)38-21-20-31-10-4-7-13-35(31)26-38/h4-28H,29H2,1-3H3. The van der Waals surface area contributed by atoms with Gasteiger partial charge in [0, 0.05) is 19.5 Å². The Morgan fingerprint density at radius 2 is 0.886 bits per heavy atom. The highest BCUT2D eigenvalue weighted by Crippen LogP contribution is 2.71. The van der Waals surface area contributed by atoms with Crippen LogP contribution in [-0.2, 0) is 0 Å². The number of benzene rings is 7. The number of fused-ring (bicyclic) bond motifs is 3. The maximum atomic E-state index is 2.62. The number of rotatable bonds is 4. The van der Waals surface area contributed by atoms with Gasteiger partial charge in [0.1, 0.15) is 0 Å². The van der Waals surface area contributed by atoms with Crippen molar-refractivity contribution in [1.29, 1.82) is 0 Å². The normalized spacial score (nSPS) is 15.8. The van der Waals surface area contributed by atoms with Crippen LogP contribution in [-0.4, -0.2) is 25.4 Å². The van der Waals surface area contributed by atoms with E-state index in [1.807, 2.05) is 0 Å². The first-order chi connectivity index (χ1) is 21.4. The van der Waals surface area contributed by atoms with Gasteiger partial charge in [-0.15, -0.1) is 12.6 Å². The summed E-state index contributed by atoms with van der Waals surface area (Å²) in [6, 6.07) is 57.6. The average Bonchev–Trinajstić information content (AvgIpc) is 3.32. The van der Waals surface area contributed by atoms with Gasteiger partial charge in [-0.2, -0.15) is 10.9 Å². The van der Waals surface area contributed by atoms with Crippen LogP contribution >= 0.6 is 7.14 Å². The van der Waals surface area contributed by atoms with Gasteiger partial charge >= 0.3 is 0 Å². The predicted molar refractivity (Wildman–Crippen MR) is 198 cm³/mol. The zero-order valence-electron chi connectivity index (χ0n) is 25.7. The summed E-state index contributed by atoms with van der Waals surface area (Å²) in [6.45, 7) is 7.44. The molecule has 0 radical (unpaired) electrons. The summed E-state index contributed by atoms with van der Waals surface area (Å²) in [7, 11) is -1.66. The van der Waals surface area contributed by atoms with Gasteiger partial charge in [0.25, 0.3) is 0 Å². The first-order valence-corrected chi connectivity index (χ1v) is 18.6. The monoisotopic (exact) mass is 582 g/mol. The van der Waals surface area contributed by atoms with Gasteiger partial charge in [-0.05, 0) is 50.4 Å². The molecule has 7 aromatic carbocycles. The van der Waals surface area contributed by atoms with Crippen LogP contribution in [0.15, 0.2) is 152 Å². The van der Waals surface area contributed by atoms with Crippen molar-refractivity contribution in [2.75, 3.05) is 19.5 Å². The van der Waals surface area contributed by atoms with Crippen molar-refractivity contribution in [2.24, 2.45) is 0 Å². The predicted octanol–water partition coefficient (Wildman–Crippen LogP) is 9.96. The van der Waals surface area contributed by atoms with Crippen LogP contribution in [0.5, 0.6) is 0 Å². The van der Waals surface area contributed by atoms with Crippen LogP contribution in [0.4, 0.5) is 0 Å². The van der Waals surface area contributed by atoms with Gasteiger partial charge in [-0.1, -0.05) is 163 Å². The van der Waals surface area contributed by atoms with E-state index in [2.05, 4.69) is 172 Å². The largest absolute Gasteiger partial charge is 0.247 e. The van der Waals surface area contributed by atoms with E-state index < -0.39 is 13.0 Å². The molecule has 1 aliphatic heterocycles. The van der Waals surface area contributed by atoms with Crippen molar-refractivity contribution < 1.29 is 0 Å². The lowest BCUT2D eigenvalue weighted by Gasteiger charge is -2.46. The van der Waals surface area contributed by atoms with Gasteiger partial charge < -0.3 is 0 Å². The van der Waals surface area contributed by atoms with Crippen LogP contribution in [0, 0.1) is 6.92 Å². The molecule has 0 N–H and O–H groups in total. The molecule has 0 saturated heterocycles. The summed E-state index contributed by atoms with van der Waals surface area (Å²) in [5, 5.41) is 7.80. The highest BCUT2D eigenvalue weighted by Gasteiger charge is 2.57. The average molecular weight is 583 g/mol. The lowest BCUT2D eigenvalue weighted by Crippen LogP contribution is -2.59. The Labute approximate surface area is 261 Å². The third-order valence-electron chi connectivity index (χ3n) is 10.3. The number of allylic oxidation sites excluding steroid dienone is 1. The minimum Gasteiger partial charge on any atom is -0.157 e. The van der Waals surface area contributed by atoms with Gasteiger partial charge in [0.2, 0.25) is 5.87 Å². The Kier molecular flexibility index (Phi) is 6.37. The summed E-state index contributed by atoms with van der Waals surface area (Å²) in [5.41, 5.74) is 9.98. The summed E-state index contributed by atoms with van der Waals surface area (Å²) in [5.74, 6) is -1.32. The maximum absolute atomic E-state index is 2.62. The van der Waals surface area contributed by atoms with E-state index in [0.29, 0.717) is 0 Å². The van der Waals surface area contributed by atoms with E-state index in [1.54, 1.807) is 0 Å². The zero-order valence-corrected chi connectivity index (χ0v) is 26.6. The van der Waals surface area contributed by atoms with Crippen molar-refractivity contribution in [3.8, 4) is 0 Å². The summed E-state index contributed by atoms with van der Waals surface area (Å²) >= 11 is 0. The molecule has 0 aromatic heterocycles. The molecule has 0 amide bonds. The second-order valence-electron chi connectivity index (χ2n) is 13.3. The van der Waals surface area contributed by atoms with E-state index in [0.717, 1.165) is 6.16 Å².